The first-order chi connectivity index (χ1) is 9.11. The zero-order chi connectivity index (χ0) is 13.8. The molecule has 0 unspecified atom stereocenters. The van der Waals surface area contributed by atoms with Crippen LogP contribution in [0.15, 0.2) is 22.6 Å². The second-order valence-corrected chi connectivity index (χ2v) is 3.61. The van der Waals surface area contributed by atoms with Crippen LogP contribution in [0.5, 0.6) is 0 Å². The molecule has 0 radical (unpaired) electrons. The first-order valence-corrected chi connectivity index (χ1v) is 5.54. The number of halogens is 2. The van der Waals surface area contributed by atoms with E-state index in [0.717, 1.165) is 6.07 Å². The van der Waals surface area contributed by atoms with Crippen molar-refractivity contribution in [1.29, 1.82) is 0 Å². The van der Waals surface area contributed by atoms with E-state index in [2.05, 4.69) is 14.9 Å². The van der Waals surface area contributed by atoms with Gasteiger partial charge in [0.2, 0.25) is 5.89 Å². The average Bonchev–Trinajstić information content (AvgIpc) is 2.84. The molecular weight excluding hydrogens is 258 g/mol. The number of esters is 1. The highest BCUT2D eigenvalue weighted by atomic mass is 19.2. The summed E-state index contributed by atoms with van der Waals surface area (Å²) in [7, 11) is 0. The Morgan fingerprint density at radius 1 is 1.37 bits per heavy atom. The number of aromatic nitrogens is 2. The second kappa shape index (κ2) is 5.55. The number of hydrogen-bond donors (Lipinski definition) is 0. The Balaban J connectivity index is 2.16. The van der Waals surface area contributed by atoms with Crippen LogP contribution in [0.1, 0.15) is 29.1 Å². The summed E-state index contributed by atoms with van der Waals surface area (Å²) in [6, 6.07) is 3.78. The molecule has 0 fully saturated rings. The van der Waals surface area contributed by atoms with Crippen molar-refractivity contribution in [3.05, 3.63) is 47.2 Å². The summed E-state index contributed by atoms with van der Waals surface area (Å²) in [6.45, 7) is 1.81. The van der Waals surface area contributed by atoms with E-state index in [-0.39, 0.29) is 30.4 Å². The predicted octanol–water partition coefficient (Wildman–Crippen LogP) is 2.12. The Morgan fingerprint density at radius 2 is 2.16 bits per heavy atom. The highest BCUT2D eigenvalue weighted by Gasteiger charge is 2.17. The van der Waals surface area contributed by atoms with Crippen molar-refractivity contribution < 1.29 is 22.7 Å². The fourth-order valence-corrected chi connectivity index (χ4v) is 1.45. The van der Waals surface area contributed by atoms with Crippen LogP contribution in [0.2, 0.25) is 0 Å². The summed E-state index contributed by atoms with van der Waals surface area (Å²) >= 11 is 0. The number of benzene rings is 1. The Morgan fingerprint density at radius 3 is 2.89 bits per heavy atom. The molecule has 5 nitrogen and oxygen atoms in total. The van der Waals surface area contributed by atoms with E-state index in [4.69, 9.17) is 4.42 Å². The molecule has 2 aromatic rings. The van der Waals surface area contributed by atoms with Crippen LogP contribution in [-0.4, -0.2) is 22.8 Å². The van der Waals surface area contributed by atoms with Gasteiger partial charge in [0.15, 0.2) is 11.6 Å². The molecule has 0 saturated heterocycles. The highest BCUT2D eigenvalue weighted by Crippen LogP contribution is 2.15. The van der Waals surface area contributed by atoms with Crippen LogP contribution in [0.25, 0.3) is 0 Å². The molecule has 1 aromatic heterocycles. The predicted molar refractivity (Wildman–Crippen MR) is 59.4 cm³/mol. The largest absolute Gasteiger partial charge is 0.459 e. The van der Waals surface area contributed by atoms with Gasteiger partial charge in [0.05, 0.1) is 13.0 Å². The van der Waals surface area contributed by atoms with Crippen molar-refractivity contribution in [1.82, 2.24) is 10.2 Å². The standard InChI is InChI=1S/C12H10F2N2O3/c1-2-18-12(17)11-16-15-9(19-11)6-7-4-3-5-8(13)10(7)14/h3-5H,2,6H2,1H3. The molecule has 0 spiro atoms. The third kappa shape index (κ3) is 2.93. The normalized spacial score (nSPS) is 10.5. The number of nitrogens with zero attached hydrogens (tertiary/aromatic N) is 2. The highest BCUT2D eigenvalue weighted by molar-refractivity contribution is 5.83. The Labute approximate surface area is 107 Å². The lowest BCUT2D eigenvalue weighted by atomic mass is 10.1. The number of carbonyl (C=O) groups is 1. The molecule has 0 aliphatic rings. The molecule has 0 aliphatic heterocycles. The molecule has 0 atom stereocenters. The fourth-order valence-electron chi connectivity index (χ4n) is 1.45. The minimum atomic E-state index is -0.974. The minimum Gasteiger partial charge on any atom is -0.459 e. The SMILES string of the molecule is CCOC(=O)c1nnc(Cc2cccc(F)c2F)o1. The third-order valence-electron chi connectivity index (χ3n) is 2.29. The van der Waals surface area contributed by atoms with E-state index in [1.54, 1.807) is 6.92 Å². The molecule has 0 amide bonds. The average molecular weight is 268 g/mol. The van der Waals surface area contributed by atoms with Gasteiger partial charge in [0.25, 0.3) is 0 Å². The second-order valence-electron chi connectivity index (χ2n) is 3.61. The monoisotopic (exact) mass is 268 g/mol. The summed E-state index contributed by atoms with van der Waals surface area (Å²) < 4.78 is 36.1. The summed E-state index contributed by atoms with van der Waals surface area (Å²) in [5.74, 6) is -2.98. The summed E-state index contributed by atoms with van der Waals surface area (Å²) in [6.07, 6.45) is -0.101. The zero-order valence-corrected chi connectivity index (χ0v) is 10.0. The van der Waals surface area contributed by atoms with Crippen LogP contribution < -0.4 is 0 Å². The van der Waals surface area contributed by atoms with Crippen LogP contribution >= 0.6 is 0 Å². The van der Waals surface area contributed by atoms with Gasteiger partial charge in [-0.05, 0) is 13.0 Å². The topological polar surface area (TPSA) is 65.2 Å². The van der Waals surface area contributed by atoms with E-state index in [1.165, 1.54) is 12.1 Å². The van der Waals surface area contributed by atoms with Crippen molar-refractivity contribution in [3.63, 3.8) is 0 Å². The van der Waals surface area contributed by atoms with Crippen molar-refractivity contribution >= 4 is 5.97 Å². The van der Waals surface area contributed by atoms with Crippen LogP contribution in [0.3, 0.4) is 0 Å². The molecule has 2 rings (SSSR count). The molecule has 1 heterocycles. The Bertz CT molecular complexity index is 598. The fraction of sp³-hybridized carbons (Fsp3) is 0.250. The van der Waals surface area contributed by atoms with Crippen molar-refractivity contribution in [2.75, 3.05) is 6.61 Å². The molecule has 0 N–H and O–H groups in total. The molecule has 0 saturated carbocycles. The number of rotatable bonds is 4. The molecular formula is C12H10F2N2O3. The zero-order valence-electron chi connectivity index (χ0n) is 10.0. The maximum Gasteiger partial charge on any atom is 0.396 e. The molecule has 0 aliphatic carbocycles. The van der Waals surface area contributed by atoms with Gasteiger partial charge >= 0.3 is 11.9 Å². The van der Waals surface area contributed by atoms with Gasteiger partial charge < -0.3 is 9.15 Å². The van der Waals surface area contributed by atoms with Crippen LogP contribution in [-0.2, 0) is 11.2 Å². The molecule has 0 bridgehead atoms. The minimum absolute atomic E-state index is 0.00699. The van der Waals surface area contributed by atoms with Gasteiger partial charge in [-0.1, -0.05) is 12.1 Å². The first kappa shape index (κ1) is 13.1. The Kier molecular flexibility index (Phi) is 3.84. The smallest absolute Gasteiger partial charge is 0.396 e. The van der Waals surface area contributed by atoms with Crippen molar-refractivity contribution in [3.8, 4) is 0 Å². The van der Waals surface area contributed by atoms with Gasteiger partial charge in [-0.2, -0.15) is 0 Å². The van der Waals surface area contributed by atoms with Crippen molar-refractivity contribution in [2.45, 2.75) is 13.3 Å². The van der Waals surface area contributed by atoms with E-state index in [1.807, 2.05) is 0 Å². The van der Waals surface area contributed by atoms with Crippen molar-refractivity contribution in [2.24, 2.45) is 0 Å². The number of carbonyl (C=O) groups excluding carboxylic acids is 1. The lowest BCUT2D eigenvalue weighted by molar-refractivity contribution is 0.0479. The maximum atomic E-state index is 13.4. The van der Waals surface area contributed by atoms with Gasteiger partial charge in [-0.3, -0.25) is 0 Å². The Hall–Kier alpha value is -2.31. The van der Waals surface area contributed by atoms with E-state index in [9.17, 15) is 13.6 Å². The van der Waals surface area contributed by atoms with Crippen LogP contribution in [0.4, 0.5) is 8.78 Å². The third-order valence-corrected chi connectivity index (χ3v) is 2.29. The van der Waals surface area contributed by atoms with E-state index in [0.29, 0.717) is 0 Å². The lowest BCUT2D eigenvalue weighted by Crippen LogP contribution is -2.04. The first-order valence-electron chi connectivity index (χ1n) is 5.54. The van der Waals surface area contributed by atoms with Gasteiger partial charge in [0.1, 0.15) is 0 Å². The van der Waals surface area contributed by atoms with Gasteiger partial charge in [-0.15, -0.1) is 10.2 Å². The number of hydrogen-bond acceptors (Lipinski definition) is 5. The molecule has 1 aromatic carbocycles. The number of ether oxygens (including phenoxy) is 1. The quantitative estimate of drug-likeness (QED) is 0.794. The molecule has 19 heavy (non-hydrogen) atoms. The summed E-state index contributed by atoms with van der Waals surface area (Å²) in [5, 5.41) is 7.05. The van der Waals surface area contributed by atoms with Crippen LogP contribution in [0, 0.1) is 11.6 Å². The maximum absolute atomic E-state index is 13.4. The summed E-state index contributed by atoms with van der Waals surface area (Å²) in [5.41, 5.74) is 0.0686. The lowest BCUT2D eigenvalue weighted by Gasteiger charge is -2.00. The van der Waals surface area contributed by atoms with E-state index >= 15 is 0 Å². The molecule has 7 heteroatoms. The molecule has 100 valence electrons. The van der Waals surface area contributed by atoms with Gasteiger partial charge in [0, 0.05) is 5.56 Å². The summed E-state index contributed by atoms with van der Waals surface area (Å²) in [4.78, 5) is 11.3. The van der Waals surface area contributed by atoms with E-state index < -0.39 is 17.6 Å². The van der Waals surface area contributed by atoms with Gasteiger partial charge in [-0.25, -0.2) is 13.6 Å².